The molecule has 2 atom stereocenters. The number of nitrogens with zero attached hydrogens (tertiary/aromatic N) is 1. The van der Waals surface area contributed by atoms with Gasteiger partial charge in [0.05, 0.1) is 0 Å². The third-order valence-corrected chi connectivity index (χ3v) is 7.02. The van der Waals surface area contributed by atoms with Crippen LogP contribution in [0.4, 0.5) is 0 Å². The minimum absolute atomic E-state index is 0.184. The Labute approximate surface area is 215 Å². The molecule has 1 aromatic carbocycles. The maximum atomic E-state index is 11.9. The van der Waals surface area contributed by atoms with E-state index < -0.39 is 22.4 Å². The first-order valence-electron chi connectivity index (χ1n) is 12.7. The second-order valence-corrected chi connectivity index (χ2v) is 11.4. The van der Waals surface area contributed by atoms with Gasteiger partial charge in [0.15, 0.2) is 0 Å². The normalized spacial score (nSPS) is 18.5. The highest BCUT2D eigenvalue weighted by Crippen LogP contribution is 2.34. The van der Waals surface area contributed by atoms with Crippen LogP contribution in [0.15, 0.2) is 29.2 Å². The molecule has 3 rings (SSSR count). The van der Waals surface area contributed by atoms with Gasteiger partial charge in [-0.05, 0) is 81.8 Å². The van der Waals surface area contributed by atoms with E-state index in [2.05, 4.69) is 54.5 Å². The molecule has 1 heterocycles. The summed E-state index contributed by atoms with van der Waals surface area (Å²) in [5.74, 6) is 3.43. The van der Waals surface area contributed by atoms with E-state index in [9.17, 15) is 13.8 Å². The SMILES string of the molecule is C#CC1(NC(=O)C(CC(C)C)NC=O)CC1.CCC.CN1CCC(c2ccc(S(C)=O)cc2)CC1. The number of piperidine rings is 1. The van der Waals surface area contributed by atoms with Crippen molar-refractivity contribution in [3.05, 3.63) is 29.8 Å². The van der Waals surface area contributed by atoms with Crippen molar-refractivity contribution in [2.75, 3.05) is 26.4 Å². The number of rotatable bonds is 8. The molecule has 1 saturated heterocycles. The lowest BCUT2D eigenvalue weighted by molar-refractivity contribution is -0.126. The number of carbonyl (C=O) groups excluding carboxylic acids is 2. The Bertz CT molecular complexity index is 836. The molecule has 0 spiro atoms. The van der Waals surface area contributed by atoms with Gasteiger partial charge in [-0.15, -0.1) is 6.42 Å². The number of carbonyl (C=O) groups is 2. The van der Waals surface area contributed by atoms with Crippen LogP contribution in [-0.4, -0.2) is 59.4 Å². The fourth-order valence-electron chi connectivity index (χ4n) is 3.83. The van der Waals surface area contributed by atoms with E-state index in [0.717, 1.165) is 17.7 Å². The van der Waals surface area contributed by atoms with Crippen LogP contribution in [0.1, 0.15) is 77.7 Å². The zero-order valence-electron chi connectivity index (χ0n) is 22.4. The van der Waals surface area contributed by atoms with Crippen LogP contribution < -0.4 is 10.6 Å². The Morgan fingerprint density at radius 2 is 1.77 bits per heavy atom. The minimum atomic E-state index is -0.856. The predicted octanol–water partition coefficient (Wildman–Crippen LogP) is 4.08. The Morgan fingerprint density at radius 1 is 1.23 bits per heavy atom. The summed E-state index contributed by atoms with van der Waals surface area (Å²) < 4.78 is 11.3. The van der Waals surface area contributed by atoms with E-state index in [0.29, 0.717) is 24.7 Å². The molecule has 2 N–H and O–H groups in total. The maximum absolute atomic E-state index is 11.9. The van der Waals surface area contributed by atoms with E-state index in [-0.39, 0.29) is 5.91 Å². The van der Waals surface area contributed by atoms with E-state index in [1.165, 1.54) is 37.9 Å². The Kier molecular flexibility index (Phi) is 13.9. The molecule has 2 aliphatic rings. The number of hydrogen-bond donors (Lipinski definition) is 2. The smallest absolute Gasteiger partial charge is 0.243 e. The summed E-state index contributed by atoms with van der Waals surface area (Å²) in [6.07, 6.45) is 13.6. The third kappa shape index (κ3) is 11.4. The molecule has 1 aromatic rings. The molecule has 1 aliphatic heterocycles. The number of hydrogen-bond acceptors (Lipinski definition) is 4. The Balaban J connectivity index is 0.000000315. The van der Waals surface area contributed by atoms with Crippen LogP contribution in [0.2, 0.25) is 0 Å². The zero-order valence-corrected chi connectivity index (χ0v) is 23.2. The van der Waals surface area contributed by atoms with Gasteiger partial charge in [-0.1, -0.05) is 52.2 Å². The second kappa shape index (κ2) is 15.7. The Hall–Kier alpha value is -2.17. The van der Waals surface area contributed by atoms with Gasteiger partial charge in [-0.25, -0.2) is 0 Å². The van der Waals surface area contributed by atoms with Gasteiger partial charge in [0.2, 0.25) is 12.3 Å². The summed E-state index contributed by atoms with van der Waals surface area (Å²) in [6, 6.07) is 7.82. The number of terminal acetylenes is 1. The molecule has 1 aliphatic carbocycles. The van der Waals surface area contributed by atoms with E-state index in [1.807, 2.05) is 26.0 Å². The molecule has 6 nitrogen and oxygen atoms in total. The maximum Gasteiger partial charge on any atom is 0.243 e. The molecule has 7 heteroatoms. The molecule has 196 valence electrons. The average molecular weight is 504 g/mol. The lowest BCUT2D eigenvalue weighted by Gasteiger charge is -2.29. The first kappa shape index (κ1) is 30.9. The van der Waals surface area contributed by atoms with Gasteiger partial charge in [0.25, 0.3) is 0 Å². The van der Waals surface area contributed by atoms with Crippen LogP contribution in [0.25, 0.3) is 0 Å². The van der Waals surface area contributed by atoms with Gasteiger partial charge < -0.3 is 15.5 Å². The highest BCUT2D eigenvalue weighted by molar-refractivity contribution is 7.84. The Morgan fingerprint density at radius 3 is 2.17 bits per heavy atom. The molecule has 2 fully saturated rings. The molecule has 0 bridgehead atoms. The van der Waals surface area contributed by atoms with E-state index in [4.69, 9.17) is 6.42 Å². The molecule has 0 aromatic heterocycles. The molecule has 1 saturated carbocycles. The molecular weight excluding hydrogens is 458 g/mol. The summed E-state index contributed by atoms with van der Waals surface area (Å²) in [7, 11) is 1.32. The molecule has 0 radical (unpaired) electrons. The summed E-state index contributed by atoms with van der Waals surface area (Å²) in [5, 5.41) is 5.34. The predicted molar refractivity (Wildman–Crippen MR) is 146 cm³/mol. The summed E-state index contributed by atoms with van der Waals surface area (Å²) in [5.41, 5.74) is 0.957. The van der Waals surface area contributed by atoms with Crippen molar-refractivity contribution in [2.24, 2.45) is 5.92 Å². The van der Waals surface area contributed by atoms with Crippen molar-refractivity contribution in [3.63, 3.8) is 0 Å². The van der Waals surface area contributed by atoms with Gasteiger partial charge in [0, 0.05) is 22.0 Å². The van der Waals surface area contributed by atoms with E-state index >= 15 is 0 Å². The van der Waals surface area contributed by atoms with Crippen molar-refractivity contribution >= 4 is 23.1 Å². The van der Waals surface area contributed by atoms with Crippen molar-refractivity contribution in [1.82, 2.24) is 15.5 Å². The summed E-state index contributed by atoms with van der Waals surface area (Å²) in [6.45, 7) is 10.6. The van der Waals surface area contributed by atoms with Crippen LogP contribution in [0.5, 0.6) is 0 Å². The van der Waals surface area contributed by atoms with Crippen molar-refractivity contribution in [1.29, 1.82) is 0 Å². The van der Waals surface area contributed by atoms with Crippen molar-refractivity contribution in [2.45, 2.75) is 88.6 Å². The highest BCUT2D eigenvalue weighted by atomic mass is 32.2. The fourth-order valence-corrected chi connectivity index (χ4v) is 4.35. The lowest BCUT2D eigenvalue weighted by atomic mass is 9.90. The van der Waals surface area contributed by atoms with Crippen LogP contribution >= 0.6 is 0 Å². The number of benzene rings is 1. The summed E-state index contributed by atoms with van der Waals surface area (Å²) >= 11 is 0. The minimum Gasteiger partial charge on any atom is -0.347 e. The quantitative estimate of drug-likeness (QED) is 0.414. The van der Waals surface area contributed by atoms with Gasteiger partial charge in [0.1, 0.15) is 11.6 Å². The molecule has 2 unspecified atom stereocenters. The van der Waals surface area contributed by atoms with Crippen molar-refractivity contribution < 1.29 is 13.8 Å². The van der Waals surface area contributed by atoms with Crippen LogP contribution in [0, 0.1) is 18.3 Å². The number of likely N-dealkylation sites (tertiary alicyclic amines) is 1. The first-order valence-corrected chi connectivity index (χ1v) is 14.3. The topological polar surface area (TPSA) is 78.5 Å². The van der Waals surface area contributed by atoms with Gasteiger partial charge in [-0.2, -0.15) is 0 Å². The monoisotopic (exact) mass is 503 g/mol. The zero-order chi connectivity index (χ0) is 26.4. The average Bonchev–Trinajstić information content (AvgIpc) is 3.60. The molecular formula is C28H45N3O3S. The first-order chi connectivity index (χ1) is 16.6. The third-order valence-electron chi connectivity index (χ3n) is 6.08. The number of amides is 2. The molecule has 35 heavy (non-hydrogen) atoms. The van der Waals surface area contributed by atoms with E-state index in [1.54, 1.807) is 6.26 Å². The standard InChI is InChI=1S/C13H19NOS.C12H18N2O2.C3H8/c1-14-9-7-12(8-10-14)11-3-5-13(6-4-11)16(2)15;1-4-12(5-6-12)14-11(16)10(13-8-15)7-9(2)3;1-3-2/h3-6,12H,7-10H2,1-2H3;1,8-10H,5-7H2,2-3H3,(H,13,15)(H,14,16);3H2,1-2H3. The lowest BCUT2D eigenvalue weighted by Crippen LogP contribution is -2.48. The highest BCUT2D eigenvalue weighted by Gasteiger charge is 2.43. The fraction of sp³-hybridized carbons (Fsp3) is 0.643. The van der Waals surface area contributed by atoms with Crippen LogP contribution in [0.3, 0.4) is 0 Å². The van der Waals surface area contributed by atoms with Crippen LogP contribution in [-0.2, 0) is 20.4 Å². The summed E-state index contributed by atoms with van der Waals surface area (Å²) in [4.78, 5) is 25.6. The second-order valence-electron chi connectivity index (χ2n) is 9.99. The van der Waals surface area contributed by atoms with Gasteiger partial charge in [-0.3, -0.25) is 13.8 Å². The van der Waals surface area contributed by atoms with Gasteiger partial charge >= 0.3 is 0 Å². The largest absolute Gasteiger partial charge is 0.347 e. The molecule has 2 amide bonds. The van der Waals surface area contributed by atoms with Crippen molar-refractivity contribution in [3.8, 4) is 12.3 Å². The number of nitrogens with one attached hydrogen (secondary N) is 2.